The SMILES string of the molecule is Cc1cccc(CNc2ncnc(Cl)c2[N+](=O)[O-])n1. The number of hydrogen-bond donors (Lipinski definition) is 1. The van der Waals surface area contributed by atoms with Crippen LogP contribution in [0.4, 0.5) is 11.5 Å². The van der Waals surface area contributed by atoms with Crippen LogP contribution in [0.5, 0.6) is 0 Å². The van der Waals surface area contributed by atoms with E-state index in [1.165, 1.54) is 6.33 Å². The lowest BCUT2D eigenvalue weighted by Crippen LogP contribution is -2.07. The van der Waals surface area contributed by atoms with E-state index in [4.69, 9.17) is 11.6 Å². The number of aryl methyl sites for hydroxylation is 1. The largest absolute Gasteiger partial charge is 0.359 e. The Morgan fingerprint density at radius 2 is 2.21 bits per heavy atom. The van der Waals surface area contributed by atoms with Gasteiger partial charge in [0.2, 0.25) is 11.0 Å². The third-order valence-electron chi connectivity index (χ3n) is 2.34. The second kappa shape index (κ2) is 5.57. The summed E-state index contributed by atoms with van der Waals surface area (Å²) in [6, 6.07) is 5.54. The van der Waals surface area contributed by atoms with E-state index in [1.54, 1.807) is 0 Å². The van der Waals surface area contributed by atoms with Crippen molar-refractivity contribution in [3.8, 4) is 0 Å². The Balaban J connectivity index is 2.20. The molecule has 0 bridgehead atoms. The molecule has 0 amide bonds. The van der Waals surface area contributed by atoms with Gasteiger partial charge in [-0.05, 0) is 19.1 Å². The highest BCUT2D eigenvalue weighted by molar-refractivity contribution is 6.31. The summed E-state index contributed by atoms with van der Waals surface area (Å²) in [6.45, 7) is 2.18. The summed E-state index contributed by atoms with van der Waals surface area (Å²) >= 11 is 5.68. The minimum absolute atomic E-state index is 0.0771. The van der Waals surface area contributed by atoms with E-state index in [0.717, 1.165) is 11.4 Å². The average molecular weight is 280 g/mol. The van der Waals surface area contributed by atoms with E-state index in [9.17, 15) is 10.1 Å². The molecule has 19 heavy (non-hydrogen) atoms. The fraction of sp³-hybridized carbons (Fsp3) is 0.182. The van der Waals surface area contributed by atoms with Crippen molar-refractivity contribution >= 4 is 23.1 Å². The van der Waals surface area contributed by atoms with Gasteiger partial charge in [0.1, 0.15) is 6.33 Å². The highest BCUT2D eigenvalue weighted by atomic mass is 35.5. The van der Waals surface area contributed by atoms with Crippen LogP contribution in [0.15, 0.2) is 24.5 Å². The summed E-state index contributed by atoms with van der Waals surface area (Å²) in [4.78, 5) is 22.0. The molecule has 0 unspecified atom stereocenters. The highest BCUT2D eigenvalue weighted by Crippen LogP contribution is 2.28. The molecular formula is C11H10ClN5O2. The van der Waals surface area contributed by atoms with Crippen LogP contribution in [0, 0.1) is 17.0 Å². The number of anilines is 1. The van der Waals surface area contributed by atoms with Crippen LogP contribution >= 0.6 is 11.6 Å². The molecule has 2 rings (SSSR count). The molecule has 1 N–H and O–H groups in total. The topological polar surface area (TPSA) is 93.8 Å². The lowest BCUT2D eigenvalue weighted by Gasteiger charge is -2.06. The molecule has 0 aliphatic heterocycles. The van der Waals surface area contributed by atoms with Gasteiger partial charge in [-0.1, -0.05) is 17.7 Å². The Kier molecular flexibility index (Phi) is 3.86. The maximum atomic E-state index is 10.9. The first kappa shape index (κ1) is 13.2. The van der Waals surface area contributed by atoms with Gasteiger partial charge in [-0.15, -0.1) is 0 Å². The van der Waals surface area contributed by atoms with Crippen molar-refractivity contribution in [2.75, 3.05) is 5.32 Å². The second-order valence-electron chi connectivity index (χ2n) is 3.74. The van der Waals surface area contributed by atoms with Crippen LogP contribution < -0.4 is 5.32 Å². The third-order valence-corrected chi connectivity index (χ3v) is 2.62. The number of nitro groups is 1. The first-order chi connectivity index (χ1) is 9.08. The number of pyridine rings is 1. The molecule has 0 spiro atoms. The molecule has 2 aromatic rings. The fourth-order valence-corrected chi connectivity index (χ4v) is 1.72. The van der Waals surface area contributed by atoms with Crippen molar-refractivity contribution in [3.05, 3.63) is 51.2 Å². The van der Waals surface area contributed by atoms with Crippen LogP contribution in [-0.2, 0) is 6.54 Å². The van der Waals surface area contributed by atoms with Gasteiger partial charge in [0.15, 0.2) is 0 Å². The highest BCUT2D eigenvalue weighted by Gasteiger charge is 2.21. The molecule has 0 radical (unpaired) electrons. The number of rotatable bonds is 4. The van der Waals surface area contributed by atoms with Crippen molar-refractivity contribution in [1.29, 1.82) is 0 Å². The van der Waals surface area contributed by atoms with Crippen LogP contribution in [0.25, 0.3) is 0 Å². The van der Waals surface area contributed by atoms with Gasteiger partial charge in [0.05, 0.1) is 17.2 Å². The fourth-order valence-electron chi connectivity index (χ4n) is 1.52. The Labute approximate surface area is 113 Å². The summed E-state index contributed by atoms with van der Waals surface area (Å²) in [5.74, 6) is 0.0771. The minimum Gasteiger partial charge on any atom is -0.359 e. The molecule has 2 heterocycles. The predicted octanol–water partition coefficient (Wildman–Crippen LogP) is 2.35. The molecule has 0 aliphatic carbocycles. The van der Waals surface area contributed by atoms with E-state index in [-0.39, 0.29) is 16.7 Å². The lowest BCUT2D eigenvalue weighted by atomic mass is 10.3. The molecule has 2 aromatic heterocycles. The van der Waals surface area contributed by atoms with Gasteiger partial charge < -0.3 is 5.32 Å². The number of nitrogens with zero attached hydrogens (tertiary/aromatic N) is 4. The van der Waals surface area contributed by atoms with Crippen molar-refractivity contribution in [2.24, 2.45) is 0 Å². The minimum atomic E-state index is -0.617. The van der Waals surface area contributed by atoms with Gasteiger partial charge in [0.25, 0.3) is 0 Å². The first-order valence-electron chi connectivity index (χ1n) is 5.39. The molecule has 8 heteroatoms. The number of halogens is 1. The summed E-state index contributed by atoms with van der Waals surface area (Å²) in [6.07, 6.45) is 1.17. The van der Waals surface area contributed by atoms with E-state index >= 15 is 0 Å². The summed E-state index contributed by atoms with van der Waals surface area (Å²) in [5, 5.41) is 13.5. The number of aromatic nitrogens is 3. The zero-order valence-electron chi connectivity index (χ0n) is 10.00. The standard InChI is InChI=1S/C11H10ClN5O2/c1-7-3-2-4-8(16-7)5-13-11-9(17(18)19)10(12)14-6-15-11/h2-4,6H,5H2,1H3,(H,13,14,15). The van der Waals surface area contributed by atoms with E-state index in [1.807, 2.05) is 25.1 Å². The zero-order chi connectivity index (χ0) is 13.8. The number of nitrogens with one attached hydrogen (secondary N) is 1. The van der Waals surface area contributed by atoms with Crippen LogP contribution in [0.3, 0.4) is 0 Å². The van der Waals surface area contributed by atoms with Crippen molar-refractivity contribution in [3.63, 3.8) is 0 Å². The van der Waals surface area contributed by atoms with Crippen LogP contribution in [-0.4, -0.2) is 19.9 Å². The predicted molar refractivity (Wildman–Crippen MR) is 70.0 cm³/mol. The Hall–Kier alpha value is -2.28. The van der Waals surface area contributed by atoms with Crippen molar-refractivity contribution in [1.82, 2.24) is 15.0 Å². The normalized spacial score (nSPS) is 10.2. The van der Waals surface area contributed by atoms with Gasteiger partial charge >= 0.3 is 5.69 Å². The Bertz CT molecular complexity index is 620. The average Bonchev–Trinajstić information content (AvgIpc) is 2.36. The van der Waals surface area contributed by atoms with E-state index < -0.39 is 4.92 Å². The summed E-state index contributed by atoms with van der Waals surface area (Å²) in [7, 11) is 0. The Morgan fingerprint density at radius 3 is 2.89 bits per heavy atom. The number of hydrogen-bond acceptors (Lipinski definition) is 6. The van der Waals surface area contributed by atoms with Gasteiger partial charge in [0, 0.05) is 5.69 Å². The van der Waals surface area contributed by atoms with E-state index in [2.05, 4.69) is 20.3 Å². The molecule has 0 saturated carbocycles. The molecular weight excluding hydrogens is 270 g/mol. The lowest BCUT2D eigenvalue weighted by molar-refractivity contribution is -0.384. The molecule has 7 nitrogen and oxygen atoms in total. The first-order valence-corrected chi connectivity index (χ1v) is 5.77. The smallest absolute Gasteiger partial charge is 0.348 e. The monoisotopic (exact) mass is 279 g/mol. The van der Waals surface area contributed by atoms with Crippen molar-refractivity contribution < 1.29 is 4.92 Å². The molecule has 98 valence electrons. The van der Waals surface area contributed by atoms with Crippen LogP contribution in [0.1, 0.15) is 11.4 Å². The van der Waals surface area contributed by atoms with Gasteiger partial charge in [-0.2, -0.15) is 0 Å². The summed E-state index contributed by atoms with van der Waals surface area (Å²) in [5.41, 5.74) is 1.29. The maximum absolute atomic E-state index is 10.9. The summed E-state index contributed by atoms with van der Waals surface area (Å²) < 4.78 is 0. The van der Waals surface area contributed by atoms with Crippen molar-refractivity contribution in [2.45, 2.75) is 13.5 Å². The van der Waals surface area contributed by atoms with E-state index in [0.29, 0.717) is 6.54 Å². The molecule has 0 aromatic carbocycles. The second-order valence-corrected chi connectivity index (χ2v) is 4.10. The quantitative estimate of drug-likeness (QED) is 0.524. The molecule has 0 fully saturated rings. The Morgan fingerprint density at radius 1 is 1.42 bits per heavy atom. The van der Waals surface area contributed by atoms with Gasteiger partial charge in [-0.3, -0.25) is 15.1 Å². The van der Waals surface area contributed by atoms with Crippen LogP contribution in [0.2, 0.25) is 5.15 Å². The zero-order valence-corrected chi connectivity index (χ0v) is 10.8. The molecule has 0 aliphatic rings. The molecule has 0 saturated heterocycles. The van der Waals surface area contributed by atoms with Gasteiger partial charge in [-0.25, -0.2) is 9.97 Å². The molecule has 0 atom stereocenters. The third kappa shape index (κ3) is 3.14. The maximum Gasteiger partial charge on any atom is 0.348 e.